The summed E-state index contributed by atoms with van der Waals surface area (Å²) in [5.74, 6) is 0. The molecule has 1 aromatic carbocycles. The number of rotatable bonds is 4. The maximum Gasteiger partial charge on any atom is 0.274 e. The van der Waals surface area contributed by atoms with E-state index in [0.29, 0.717) is 11.8 Å². The highest BCUT2D eigenvalue weighted by molar-refractivity contribution is 7.20. The van der Waals surface area contributed by atoms with Crippen molar-refractivity contribution in [1.29, 1.82) is 0 Å². The molecule has 1 saturated heterocycles. The van der Waals surface area contributed by atoms with E-state index in [4.69, 9.17) is 15.2 Å². The molecular formula is C13H17N3O2S. The average molecular weight is 279 g/mol. The van der Waals surface area contributed by atoms with E-state index in [-0.39, 0.29) is 0 Å². The van der Waals surface area contributed by atoms with E-state index >= 15 is 0 Å². The largest absolute Gasteiger partial charge is 0.469 e. The van der Waals surface area contributed by atoms with Gasteiger partial charge in [-0.25, -0.2) is 4.98 Å². The number of ether oxygens (including phenoxy) is 2. The molecule has 0 bridgehead atoms. The summed E-state index contributed by atoms with van der Waals surface area (Å²) in [5, 5.41) is 0.717. The second kappa shape index (κ2) is 5.73. The molecule has 0 amide bonds. The van der Waals surface area contributed by atoms with E-state index in [1.807, 2.05) is 18.2 Å². The minimum Gasteiger partial charge on any atom is -0.469 e. The molecule has 0 radical (unpaired) electrons. The fourth-order valence-electron chi connectivity index (χ4n) is 2.07. The number of thiazole rings is 1. The van der Waals surface area contributed by atoms with Gasteiger partial charge >= 0.3 is 0 Å². The third-order valence-corrected chi connectivity index (χ3v) is 4.08. The third kappa shape index (κ3) is 3.15. The van der Waals surface area contributed by atoms with E-state index in [2.05, 4.69) is 9.88 Å². The van der Waals surface area contributed by atoms with Crippen molar-refractivity contribution < 1.29 is 9.47 Å². The molecule has 0 aliphatic carbocycles. The van der Waals surface area contributed by atoms with Crippen LogP contribution in [0.3, 0.4) is 0 Å². The first-order chi connectivity index (χ1) is 9.31. The Kier molecular flexibility index (Phi) is 3.82. The quantitative estimate of drug-likeness (QED) is 0.861. The zero-order chi connectivity index (χ0) is 13.1. The number of anilines is 1. The van der Waals surface area contributed by atoms with Crippen LogP contribution in [-0.4, -0.2) is 49.3 Å². The van der Waals surface area contributed by atoms with Crippen LogP contribution in [0.15, 0.2) is 18.2 Å². The van der Waals surface area contributed by atoms with Gasteiger partial charge in [0.1, 0.15) is 6.61 Å². The molecule has 1 aliphatic heterocycles. The van der Waals surface area contributed by atoms with E-state index in [0.717, 1.165) is 48.8 Å². The molecule has 1 aliphatic rings. The number of morpholine rings is 1. The minimum atomic E-state index is 0.662. The lowest BCUT2D eigenvalue weighted by atomic mass is 10.3. The summed E-state index contributed by atoms with van der Waals surface area (Å²) in [5.41, 5.74) is 7.38. The van der Waals surface area contributed by atoms with Crippen LogP contribution < -0.4 is 10.5 Å². The van der Waals surface area contributed by atoms with Crippen LogP contribution in [0.1, 0.15) is 0 Å². The maximum atomic E-state index is 5.74. The predicted octanol–water partition coefficient (Wildman–Crippen LogP) is 1.59. The normalized spacial score (nSPS) is 16.8. The Hall–Kier alpha value is -1.37. The molecule has 2 N–H and O–H groups in total. The van der Waals surface area contributed by atoms with Crippen LogP contribution in [0.4, 0.5) is 5.69 Å². The molecule has 5 nitrogen and oxygen atoms in total. The number of aromatic nitrogens is 1. The summed E-state index contributed by atoms with van der Waals surface area (Å²) in [4.78, 5) is 6.77. The monoisotopic (exact) mass is 279 g/mol. The van der Waals surface area contributed by atoms with Gasteiger partial charge in [0.25, 0.3) is 5.19 Å². The SMILES string of the molecule is Nc1ccc2sc(OCCN3CCOCC3)nc2c1. The summed E-state index contributed by atoms with van der Waals surface area (Å²) in [7, 11) is 0. The van der Waals surface area contributed by atoms with Gasteiger partial charge in [-0.15, -0.1) is 0 Å². The molecule has 6 heteroatoms. The van der Waals surface area contributed by atoms with Crippen molar-refractivity contribution in [1.82, 2.24) is 9.88 Å². The second-order valence-corrected chi connectivity index (χ2v) is 5.50. The Bertz CT molecular complexity index is 552. The third-order valence-electron chi connectivity index (χ3n) is 3.13. The van der Waals surface area contributed by atoms with Crippen LogP contribution in [0.2, 0.25) is 0 Å². The molecular weight excluding hydrogens is 262 g/mol. The van der Waals surface area contributed by atoms with Gasteiger partial charge in [-0.1, -0.05) is 11.3 Å². The smallest absolute Gasteiger partial charge is 0.274 e. The highest BCUT2D eigenvalue weighted by atomic mass is 32.1. The molecule has 1 aromatic heterocycles. The van der Waals surface area contributed by atoms with Gasteiger partial charge in [-0.3, -0.25) is 4.90 Å². The van der Waals surface area contributed by atoms with Crippen molar-refractivity contribution in [2.24, 2.45) is 0 Å². The fraction of sp³-hybridized carbons (Fsp3) is 0.462. The van der Waals surface area contributed by atoms with Crippen molar-refractivity contribution in [2.75, 3.05) is 45.2 Å². The lowest BCUT2D eigenvalue weighted by molar-refractivity contribution is 0.0322. The van der Waals surface area contributed by atoms with E-state index < -0.39 is 0 Å². The highest BCUT2D eigenvalue weighted by Crippen LogP contribution is 2.28. The number of benzene rings is 1. The first-order valence-electron chi connectivity index (χ1n) is 6.40. The highest BCUT2D eigenvalue weighted by Gasteiger charge is 2.10. The lowest BCUT2D eigenvalue weighted by Crippen LogP contribution is -2.38. The zero-order valence-electron chi connectivity index (χ0n) is 10.7. The molecule has 0 unspecified atom stereocenters. The van der Waals surface area contributed by atoms with Gasteiger partial charge in [-0.05, 0) is 18.2 Å². The summed E-state index contributed by atoms with van der Waals surface area (Å²) in [6.07, 6.45) is 0. The van der Waals surface area contributed by atoms with Crippen molar-refractivity contribution in [3.8, 4) is 5.19 Å². The summed E-state index contributed by atoms with van der Waals surface area (Å²) >= 11 is 1.56. The number of nitrogens with two attached hydrogens (primary N) is 1. The van der Waals surface area contributed by atoms with Crippen LogP contribution in [0.5, 0.6) is 5.19 Å². The molecule has 0 atom stereocenters. The topological polar surface area (TPSA) is 60.6 Å². The lowest BCUT2D eigenvalue weighted by Gasteiger charge is -2.26. The Balaban J connectivity index is 1.56. The van der Waals surface area contributed by atoms with E-state index in [1.165, 1.54) is 0 Å². The van der Waals surface area contributed by atoms with Gasteiger partial charge in [0.15, 0.2) is 0 Å². The van der Waals surface area contributed by atoms with Crippen molar-refractivity contribution in [3.05, 3.63) is 18.2 Å². The summed E-state index contributed by atoms with van der Waals surface area (Å²) in [6.45, 7) is 5.19. The van der Waals surface area contributed by atoms with Crippen molar-refractivity contribution >= 4 is 27.2 Å². The van der Waals surface area contributed by atoms with Crippen LogP contribution in [0.25, 0.3) is 10.2 Å². The molecule has 2 heterocycles. The molecule has 19 heavy (non-hydrogen) atoms. The number of nitrogens with zero attached hydrogens (tertiary/aromatic N) is 2. The summed E-state index contributed by atoms with van der Waals surface area (Å²) in [6, 6.07) is 5.75. The van der Waals surface area contributed by atoms with Crippen LogP contribution in [-0.2, 0) is 4.74 Å². The molecule has 102 valence electrons. The first kappa shape index (κ1) is 12.7. The van der Waals surface area contributed by atoms with Gasteiger partial charge < -0.3 is 15.2 Å². The summed E-state index contributed by atoms with van der Waals surface area (Å²) < 4.78 is 12.1. The van der Waals surface area contributed by atoms with Gasteiger partial charge in [0.2, 0.25) is 0 Å². The molecule has 1 fully saturated rings. The number of hydrogen-bond acceptors (Lipinski definition) is 6. The molecule has 2 aromatic rings. The van der Waals surface area contributed by atoms with E-state index in [9.17, 15) is 0 Å². The Morgan fingerprint density at radius 3 is 3.05 bits per heavy atom. The minimum absolute atomic E-state index is 0.662. The van der Waals surface area contributed by atoms with Gasteiger partial charge in [0, 0.05) is 25.3 Å². The fourth-order valence-corrected chi connectivity index (χ4v) is 2.89. The van der Waals surface area contributed by atoms with Crippen molar-refractivity contribution in [2.45, 2.75) is 0 Å². The van der Waals surface area contributed by atoms with E-state index in [1.54, 1.807) is 11.3 Å². The Morgan fingerprint density at radius 2 is 2.21 bits per heavy atom. The molecule has 3 rings (SSSR count). The number of nitrogen functional groups attached to an aromatic ring is 1. The van der Waals surface area contributed by atoms with Gasteiger partial charge in [0.05, 0.1) is 23.4 Å². The number of fused-ring (bicyclic) bond motifs is 1. The zero-order valence-corrected chi connectivity index (χ0v) is 11.5. The Labute approximate surface area is 115 Å². The predicted molar refractivity (Wildman–Crippen MR) is 76.8 cm³/mol. The molecule has 0 saturated carbocycles. The van der Waals surface area contributed by atoms with Crippen LogP contribution in [0, 0.1) is 0 Å². The second-order valence-electron chi connectivity index (χ2n) is 4.51. The van der Waals surface area contributed by atoms with Crippen molar-refractivity contribution in [3.63, 3.8) is 0 Å². The number of hydrogen-bond donors (Lipinski definition) is 1. The average Bonchev–Trinajstić information content (AvgIpc) is 2.82. The van der Waals surface area contributed by atoms with Crippen LogP contribution >= 0.6 is 11.3 Å². The molecule has 0 spiro atoms. The van der Waals surface area contributed by atoms with Gasteiger partial charge in [-0.2, -0.15) is 0 Å². The standard InChI is InChI=1S/C13H17N3O2S/c14-10-1-2-12-11(9-10)15-13(19-12)18-8-5-16-3-6-17-7-4-16/h1-2,9H,3-8,14H2. The Morgan fingerprint density at radius 1 is 1.37 bits per heavy atom. The maximum absolute atomic E-state index is 5.74. The first-order valence-corrected chi connectivity index (χ1v) is 7.22.